The topological polar surface area (TPSA) is 78.3 Å². The van der Waals surface area contributed by atoms with Crippen LogP contribution in [0.1, 0.15) is 25.0 Å². The molecule has 0 heterocycles. The number of carbonyl (C=O) groups is 1. The van der Waals surface area contributed by atoms with Gasteiger partial charge in [0, 0.05) is 12.0 Å². The minimum Gasteiger partial charge on any atom is -0.410 e. The van der Waals surface area contributed by atoms with E-state index in [0.29, 0.717) is 0 Å². The molecule has 106 valence electrons. The van der Waals surface area contributed by atoms with E-state index in [2.05, 4.69) is 4.74 Å². The van der Waals surface area contributed by atoms with Gasteiger partial charge in [0.05, 0.1) is 5.56 Å². The fourth-order valence-corrected chi connectivity index (χ4v) is 1.64. The second kappa shape index (κ2) is 5.08. The highest BCUT2D eigenvalue weighted by Crippen LogP contribution is 2.39. The van der Waals surface area contributed by atoms with Gasteiger partial charge in [-0.15, -0.1) is 0 Å². The Balaban J connectivity index is 3.37. The molecule has 0 bridgehead atoms. The number of benzene rings is 1. The van der Waals surface area contributed by atoms with Crippen LogP contribution in [0.2, 0.25) is 0 Å². The Morgan fingerprint density at radius 1 is 1.26 bits per heavy atom. The quantitative estimate of drug-likeness (QED) is 0.889. The Kier molecular flexibility index (Phi) is 4.09. The number of hydrogen-bond acceptors (Lipinski definition) is 3. The number of carbonyl (C=O) groups excluding carboxylic acids is 1. The van der Waals surface area contributed by atoms with E-state index < -0.39 is 23.2 Å². The molecule has 7 heteroatoms. The van der Waals surface area contributed by atoms with Gasteiger partial charge < -0.3 is 16.2 Å². The molecule has 1 aromatic rings. The van der Waals surface area contributed by atoms with E-state index in [9.17, 15) is 18.0 Å². The van der Waals surface area contributed by atoms with Crippen LogP contribution in [-0.4, -0.2) is 12.6 Å². The lowest BCUT2D eigenvalue weighted by atomic mass is 9.81. The number of ether oxygens (including phenoxy) is 1. The number of primary amides is 1. The molecular formula is C12H15F3N2O2. The van der Waals surface area contributed by atoms with Gasteiger partial charge in [0.25, 0.3) is 0 Å². The molecule has 0 fully saturated rings. The third-order valence-corrected chi connectivity index (χ3v) is 2.75. The molecule has 0 unspecified atom stereocenters. The van der Waals surface area contributed by atoms with Crippen LogP contribution in [0.25, 0.3) is 0 Å². The average molecular weight is 276 g/mol. The predicted molar refractivity (Wildman–Crippen MR) is 63.7 cm³/mol. The molecule has 1 rings (SSSR count). The van der Waals surface area contributed by atoms with E-state index in [-0.39, 0.29) is 17.9 Å². The van der Waals surface area contributed by atoms with Gasteiger partial charge in [-0.3, -0.25) is 0 Å². The first-order valence-electron chi connectivity index (χ1n) is 5.47. The maximum Gasteiger partial charge on any atom is 0.416 e. The van der Waals surface area contributed by atoms with Gasteiger partial charge in [-0.1, -0.05) is 19.9 Å². The molecule has 0 atom stereocenters. The van der Waals surface area contributed by atoms with Crippen molar-refractivity contribution in [1.82, 2.24) is 0 Å². The summed E-state index contributed by atoms with van der Waals surface area (Å²) in [7, 11) is 0. The first kappa shape index (κ1) is 15.3. The summed E-state index contributed by atoms with van der Waals surface area (Å²) >= 11 is 0. The SMILES string of the molecule is CC(C)(CN)c1ccc(OC(N)=O)cc1C(F)(F)F. The van der Waals surface area contributed by atoms with Crippen LogP contribution < -0.4 is 16.2 Å². The Bertz CT molecular complexity index is 484. The maximum atomic E-state index is 13.0. The summed E-state index contributed by atoms with van der Waals surface area (Å²) in [5, 5.41) is 0. The van der Waals surface area contributed by atoms with E-state index in [1.165, 1.54) is 12.1 Å². The molecule has 1 amide bonds. The van der Waals surface area contributed by atoms with Crippen molar-refractivity contribution in [3.8, 4) is 5.75 Å². The van der Waals surface area contributed by atoms with E-state index in [0.717, 1.165) is 6.07 Å². The zero-order valence-corrected chi connectivity index (χ0v) is 10.5. The number of hydrogen-bond donors (Lipinski definition) is 2. The highest BCUT2D eigenvalue weighted by Gasteiger charge is 2.37. The molecule has 0 saturated carbocycles. The number of nitrogens with two attached hydrogens (primary N) is 2. The normalized spacial score (nSPS) is 12.3. The first-order chi connectivity index (χ1) is 8.58. The molecule has 0 spiro atoms. The van der Waals surface area contributed by atoms with Gasteiger partial charge in [-0.2, -0.15) is 13.2 Å². The van der Waals surface area contributed by atoms with Gasteiger partial charge in [-0.05, 0) is 17.7 Å². The summed E-state index contributed by atoms with van der Waals surface area (Å²) in [5.74, 6) is -0.253. The number of alkyl halides is 3. The molecule has 0 aliphatic heterocycles. The summed E-state index contributed by atoms with van der Waals surface area (Å²) in [6, 6.07) is 3.25. The molecule has 4 N–H and O–H groups in total. The van der Waals surface area contributed by atoms with Gasteiger partial charge in [0.1, 0.15) is 5.75 Å². The Morgan fingerprint density at radius 3 is 2.26 bits per heavy atom. The van der Waals surface area contributed by atoms with Crippen LogP contribution in [-0.2, 0) is 11.6 Å². The standard InChI is InChI=1S/C12H15F3N2O2/c1-11(2,6-16)8-4-3-7(19-10(17)18)5-9(8)12(13,14)15/h3-5H,6,16H2,1-2H3,(H2,17,18). The lowest BCUT2D eigenvalue weighted by Crippen LogP contribution is -2.31. The summed E-state index contributed by atoms with van der Waals surface area (Å²) < 4.78 is 43.5. The Labute approximate surface area is 108 Å². The zero-order valence-electron chi connectivity index (χ0n) is 10.5. The third-order valence-electron chi connectivity index (χ3n) is 2.75. The summed E-state index contributed by atoms with van der Waals surface area (Å²) in [4.78, 5) is 10.6. The predicted octanol–water partition coefficient (Wildman–Crippen LogP) is 2.40. The van der Waals surface area contributed by atoms with Crippen molar-refractivity contribution in [1.29, 1.82) is 0 Å². The molecule has 4 nitrogen and oxygen atoms in total. The second-order valence-corrected chi connectivity index (χ2v) is 4.71. The van der Waals surface area contributed by atoms with Crippen molar-refractivity contribution in [3.05, 3.63) is 29.3 Å². The Morgan fingerprint density at radius 2 is 1.84 bits per heavy atom. The van der Waals surface area contributed by atoms with Crippen LogP contribution in [0.15, 0.2) is 18.2 Å². The van der Waals surface area contributed by atoms with Crippen molar-refractivity contribution in [2.45, 2.75) is 25.4 Å². The lowest BCUT2D eigenvalue weighted by molar-refractivity contribution is -0.138. The minimum absolute atomic E-state index is 0.0410. The third kappa shape index (κ3) is 3.60. The van der Waals surface area contributed by atoms with E-state index in [1.807, 2.05) is 0 Å². The van der Waals surface area contributed by atoms with Crippen LogP contribution >= 0.6 is 0 Å². The summed E-state index contributed by atoms with van der Waals surface area (Å²) in [6.07, 6.45) is -5.74. The molecule has 0 aliphatic carbocycles. The van der Waals surface area contributed by atoms with Crippen molar-refractivity contribution < 1.29 is 22.7 Å². The molecule has 0 saturated heterocycles. The molecule has 0 aliphatic rings. The fraction of sp³-hybridized carbons (Fsp3) is 0.417. The largest absolute Gasteiger partial charge is 0.416 e. The van der Waals surface area contributed by atoms with Crippen molar-refractivity contribution in [3.63, 3.8) is 0 Å². The van der Waals surface area contributed by atoms with Crippen LogP contribution in [0.4, 0.5) is 18.0 Å². The smallest absolute Gasteiger partial charge is 0.410 e. The number of amides is 1. The zero-order chi connectivity index (χ0) is 14.8. The Hall–Kier alpha value is -1.76. The second-order valence-electron chi connectivity index (χ2n) is 4.71. The molecular weight excluding hydrogens is 261 g/mol. The van der Waals surface area contributed by atoms with Crippen LogP contribution in [0, 0.1) is 0 Å². The van der Waals surface area contributed by atoms with E-state index >= 15 is 0 Å². The number of rotatable bonds is 3. The lowest BCUT2D eigenvalue weighted by Gasteiger charge is -2.27. The van der Waals surface area contributed by atoms with E-state index in [4.69, 9.17) is 11.5 Å². The maximum absolute atomic E-state index is 13.0. The molecule has 19 heavy (non-hydrogen) atoms. The molecule has 0 radical (unpaired) electrons. The molecule has 0 aromatic heterocycles. The fourth-order valence-electron chi connectivity index (χ4n) is 1.64. The van der Waals surface area contributed by atoms with Gasteiger partial charge in [0.2, 0.25) is 0 Å². The van der Waals surface area contributed by atoms with Crippen molar-refractivity contribution >= 4 is 6.09 Å². The molecule has 1 aromatic carbocycles. The van der Waals surface area contributed by atoms with Gasteiger partial charge >= 0.3 is 12.3 Å². The summed E-state index contributed by atoms with van der Waals surface area (Å²) in [5.41, 5.74) is 8.57. The average Bonchev–Trinajstić information content (AvgIpc) is 2.26. The van der Waals surface area contributed by atoms with Crippen LogP contribution in [0.3, 0.4) is 0 Å². The monoisotopic (exact) mass is 276 g/mol. The first-order valence-corrected chi connectivity index (χ1v) is 5.47. The van der Waals surface area contributed by atoms with Crippen molar-refractivity contribution in [2.24, 2.45) is 11.5 Å². The highest BCUT2D eigenvalue weighted by molar-refractivity contribution is 5.68. The van der Waals surface area contributed by atoms with E-state index in [1.54, 1.807) is 13.8 Å². The van der Waals surface area contributed by atoms with Crippen molar-refractivity contribution in [2.75, 3.05) is 6.54 Å². The van der Waals surface area contributed by atoms with Crippen LogP contribution in [0.5, 0.6) is 5.75 Å². The summed E-state index contributed by atoms with van der Waals surface area (Å²) in [6.45, 7) is 3.25. The highest BCUT2D eigenvalue weighted by atomic mass is 19.4. The number of halogens is 3. The van der Waals surface area contributed by atoms with Gasteiger partial charge in [0.15, 0.2) is 0 Å². The van der Waals surface area contributed by atoms with Gasteiger partial charge in [-0.25, -0.2) is 4.79 Å². The minimum atomic E-state index is -4.57.